The Hall–Kier alpha value is -0.420. The van der Waals surface area contributed by atoms with Crippen LogP contribution in [0.1, 0.15) is 0 Å². The van der Waals surface area contributed by atoms with Crippen LogP contribution in [-0.2, 0) is 4.79 Å². The molecule has 6 heteroatoms. The molecule has 0 aromatic heterocycles. The van der Waals surface area contributed by atoms with E-state index in [2.05, 4.69) is 5.32 Å². The van der Waals surface area contributed by atoms with E-state index in [1.54, 1.807) is 0 Å². The smallest absolute Gasteiger partial charge is 0.230 e. The number of hydrogen-bond donors (Lipinski definition) is 2. The average molecular weight is 281 g/mol. The maximum Gasteiger partial charge on any atom is 0.230 e. The van der Waals surface area contributed by atoms with Crippen LogP contribution in [0.2, 0.25) is 5.02 Å². The molecule has 0 heterocycles. The molecule has 0 saturated carbocycles. The summed E-state index contributed by atoms with van der Waals surface area (Å²) in [6.07, 6.45) is 0. The summed E-state index contributed by atoms with van der Waals surface area (Å²) in [4.78, 5) is 12.3. The summed E-state index contributed by atoms with van der Waals surface area (Å²) in [6.45, 7) is 0.997. The van der Waals surface area contributed by atoms with Gasteiger partial charge in [0, 0.05) is 23.0 Å². The van der Waals surface area contributed by atoms with Crippen molar-refractivity contribution < 1.29 is 4.79 Å². The van der Waals surface area contributed by atoms with Crippen LogP contribution < -0.4 is 11.1 Å². The molecule has 0 aliphatic heterocycles. The van der Waals surface area contributed by atoms with Gasteiger partial charge < -0.3 is 11.1 Å². The highest BCUT2D eigenvalue weighted by atomic mass is 35.5. The number of hydrogen-bond acceptors (Lipinski definition) is 3. The van der Waals surface area contributed by atoms with E-state index in [1.165, 1.54) is 11.8 Å². The Bertz CT molecular complexity index is 319. The number of amides is 1. The second-order valence-electron chi connectivity index (χ2n) is 2.88. The summed E-state index contributed by atoms with van der Waals surface area (Å²) in [5.41, 5.74) is 5.26. The number of benzene rings is 1. The number of nitrogens with two attached hydrogens (primary N) is 1. The van der Waals surface area contributed by atoms with Gasteiger partial charge in [0.05, 0.1) is 5.75 Å². The van der Waals surface area contributed by atoms with Gasteiger partial charge in [-0.05, 0) is 24.3 Å². The fourth-order valence-electron chi connectivity index (χ4n) is 0.942. The van der Waals surface area contributed by atoms with Crippen molar-refractivity contribution in [1.29, 1.82) is 0 Å². The third-order valence-electron chi connectivity index (χ3n) is 1.65. The van der Waals surface area contributed by atoms with Gasteiger partial charge in [0.2, 0.25) is 5.91 Å². The van der Waals surface area contributed by atoms with Crippen LogP contribution in [0.25, 0.3) is 0 Å². The van der Waals surface area contributed by atoms with Gasteiger partial charge >= 0.3 is 0 Å². The van der Waals surface area contributed by atoms with Crippen LogP contribution in [0, 0.1) is 0 Å². The zero-order chi connectivity index (χ0) is 11.1. The van der Waals surface area contributed by atoms with Gasteiger partial charge in [0.15, 0.2) is 0 Å². The Morgan fingerprint density at radius 1 is 1.38 bits per heavy atom. The van der Waals surface area contributed by atoms with Crippen LogP contribution in [0.5, 0.6) is 0 Å². The molecule has 0 aliphatic carbocycles. The van der Waals surface area contributed by atoms with Crippen molar-refractivity contribution in [1.82, 2.24) is 5.32 Å². The summed E-state index contributed by atoms with van der Waals surface area (Å²) >= 11 is 7.22. The highest BCUT2D eigenvalue weighted by Crippen LogP contribution is 2.19. The molecule has 0 bridgehead atoms. The maximum absolute atomic E-state index is 11.2. The minimum absolute atomic E-state index is 0. The maximum atomic E-state index is 11.2. The van der Waals surface area contributed by atoms with Gasteiger partial charge in [-0.3, -0.25) is 4.79 Å². The molecule has 0 atom stereocenters. The number of carbonyl (C=O) groups is 1. The van der Waals surface area contributed by atoms with Crippen LogP contribution in [-0.4, -0.2) is 24.7 Å². The molecule has 0 saturated heterocycles. The van der Waals surface area contributed by atoms with Crippen LogP contribution in [0.15, 0.2) is 29.2 Å². The number of thioether (sulfide) groups is 1. The predicted molar refractivity (Wildman–Crippen MR) is 71.5 cm³/mol. The zero-order valence-electron chi connectivity index (χ0n) is 8.61. The van der Waals surface area contributed by atoms with Crippen molar-refractivity contribution in [3.8, 4) is 0 Å². The molecule has 0 unspecified atom stereocenters. The first-order valence-electron chi connectivity index (χ1n) is 4.57. The van der Waals surface area contributed by atoms with Crippen LogP contribution in [0.3, 0.4) is 0 Å². The summed E-state index contributed by atoms with van der Waals surface area (Å²) in [5.74, 6) is 0.405. The zero-order valence-corrected chi connectivity index (χ0v) is 11.0. The fourth-order valence-corrected chi connectivity index (χ4v) is 1.80. The topological polar surface area (TPSA) is 55.1 Å². The second-order valence-corrected chi connectivity index (χ2v) is 4.37. The molecule has 1 rings (SSSR count). The van der Waals surface area contributed by atoms with E-state index in [0.717, 1.165) is 4.90 Å². The molecule has 0 fully saturated rings. The first-order chi connectivity index (χ1) is 7.22. The molecule has 3 N–H and O–H groups in total. The van der Waals surface area contributed by atoms with Crippen molar-refractivity contribution in [2.45, 2.75) is 4.90 Å². The van der Waals surface area contributed by atoms with Crippen molar-refractivity contribution in [2.24, 2.45) is 5.73 Å². The Morgan fingerprint density at radius 3 is 2.56 bits per heavy atom. The van der Waals surface area contributed by atoms with Gasteiger partial charge in [0.25, 0.3) is 0 Å². The van der Waals surface area contributed by atoms with Gasteiger partial charge in [-0.2, -0.15) is 0 Å². The minimum Gasteiger partial charge on any atom is -0.354 e. The summed E-state index contributed by atoms with van der Waals surface area (Å²) in [5, 5.41) is 3.40. The van der Waals surface area contributed by atoms with E-state index in [9.17, 15) is 4.79 Å². The Balaban J connectivity index is 0.00000225. The third-order valence-corrected chi connectivity index (χ3v) is 2.91. The van der Waals surface area contributed by atoms with Gasteiger partial charge in [-0.1, -0.05) is 11.6 Å². The fraction of sp³-hybridized carbons (Fsp3) is 0.300. The first kappa shape index (κ1) is 15.6. The van der Waals surface area contributed by atoms with Gasteiger partial charge in [-0.25, -0.2) is 0 Å². The van der Waals surface area contributed by atoms with E-state index >= 15 is 0 Å². The SMILES string of the molecule is Cl.NCCNC(=O)CSc1ccc(Cl)cc1. The molecule has 0 aliphatic rings. The lowest BCUT2D eigenvalue weighted by Crippen LogP contribution is -2.30. The molecule has 1 amide bonds. The predicted octanol–water partition coefficient (Wildman–Crippen LogP) is 1.93. The summed E-state index contributed by atoms with van der Waals surface area (Å²) in [7, 11) is 0. The summed E-state index contributed by atoms with van der Waals surface area (Å²) in [6, 6.07) is 7.40. The largest absolute Gasteiger partial charge is 0.354 e. The highest BCUT2D eigenvalue weighted by molar-refractivity contribution is 8.00. The lowest BCUT2D eigenvalue weighted by Gasteiger charge is -2.03. The highest BCUT2D eigenvalue weighted by Gasteiger charge is 2.01. The van der Waals surface area contributed by atoms with Crippen molar-refractivity contribution in [3.05, 3.63) is 29.3 Å². The Morgan fingerprint density at radius 2 is 2.00 bits per heavy atom. The Kier molecular flexibility index (Phi) is 8.47. The molecular formula is C10H14Cl2N2OS. The standard InChI is InChI=1S/C10H13ClN2OS.ClH/c11-8-1-3-9(4-2-8)15-7-10(14)13-6-5-12;/h1-4H,5-7,12H2,(H,13,14);1H. The number of halogens is 2. The molecule has 90 valence electrons. The molecule has 1 aromatic carbocycles. The monoisotopic (exact) mass is 280 g/mol. The molecular weight excluding hydrogens is 267 g/mol. The second kappa shape index (κ2) is 8.70. The average Bonchev–Trinajstić information content (AvgIpc) is 2.25. The van der Waals surface area contributed by atoms with Crippen molar-refractivity contribution >= 4 is 41.7 Å². The summed E-state index contributed by atoms with van der Waals surface area (Å²) < 4.78 is 0. The molecule has 0 radical (unpaired) electrons. The normalized spacial score (nSPS) is 9.38. The van der Waals surface area contributed by atoms with Crippen LogP contribution in [0.4, 0.5) is 0 Å². The van der Waals surface area contributed by atoms with E-state index in [0.29, 0.717) is 23.9 Å². The number of nitrogens with one attached hydrogen (secondary N) is 1. The first-order valence-corrected chi connectivity index (χ1v) is 5.94. The van der Waals surface area contributed by atoms with Crippen molar-refractivity contribution in [3.63, 3.8) is 0 Å². The molecule has 1 aromatic rings. The lowest BCUT2D eigenvalue weighted by molar-refractivity contribution is -0.118. The van der Waals surface area contributed by atoms with Gasteiger partial charge in [0.1, 0.15) is 0 Å². The van der Waals surface area contributed by atoms with E-state index in [-0.39, 0.29) is 18.3 Å². The molecule has 16 heavy (non-hydrogen) atoms. The Labute approximate surface area is 111 Å². The van der Waals surface area contributed by atoms with Gasteiger partial charge in [-0.15, -0.1) is 24.2 Å². The van der Waals surface area contributed by atoms with E-state index in [1.807, 2.05) is 24.3 Å². The third kappa shape index (κ3) is 6.23. The van der Waals surface area contributed by atoms with Crippen LogP contribution >= 0.6 is 35.8 Å². The number of carbonyl (C=O) groups excluding carboxylic acids is 1. The number of rotatable bonds is 5. The van der Waals surface area contributed by atoms with E-state index in [4.69, 9.17) is 17.3 Å². The quantitative estimate of drug-likeness (QED) is 0.811. The van der Waals surface area contributed by atoms with Crippen molar-refractivity contribution in [2.75, 3.05) is 18.8 Å². The lowest BCUT2D eigenvalue weighted by atomic mass is 10.4. The van der Waals surface area contributed by atoms with E-state index < -0.39 is 0 Å². The molecule has 3 nitrogen and oxygen atoms in total. The minimum atomic E-state index is 0. The molecule has 0 spiro atoms.